The van der Waals surface area contributed by atoms with Gasteiger partial charge in [0.15, 0.2) is 5.82 Å². The number of alkyl halides is 1. The molecule has 1 heterocycles. The zero-order valence-corrected chi connectivity index (χ0v) is 10.0. The number of pyridine rings is 1. The van der Waals surface area contributed by atoms with E-state index in [4.69, 9.17) is 23.2 Å². The molecule has 0 unspecified atom stereocenters. The number of nitrogens with one attached hydrogen (secondary N) is 1. The van der Waals surface area contributed by atoms with Crippen LogP contribution in [0, 0.1) is 0 Å². The second-order valence-corrected chi connectivity index (χ2v) is 3.77. The fourth-order valence-electron chi connectivity index (χ4n) is 0.672. The van der Waals surface area contributed by atoms with E-state index in [2.05, 4.69) is 10.3 Å². The van der Waals surface area contributed by atoms with E-state index in [1.165, 1.54) is 12.3 Å². The first-order valence-corrected chi connectivity index (χ1v) is 5.58. The Morgan fingerprint density at radius 2 is 2.31 bits per heavy atom. The zero-order valence-electron chi connectivity index (χ0n) is 6.35. The monoisotopic (exact) mass is 330 g/mol. The van der Waals surface area contributed by atoms with Gasteiger partial charge < -0.3 is 5.32 Å². The third kappa shape index (κ3) is 3.28. The van der Waals surface area contributed by atoms with Crippen molar-refractivity contribution in [1.82, 2.24) is 4.98 Å². The number of hydrogen-bond donors (Lipinski definition) is 1. The molecule has 0 saturated heterocycles. The van der Waals surface area contributed by atoms with Gasteiger partial charge in [0.25, 0.3) is 0 Å². The molecule has 1 amide bonds. The lowest BCUT2D eigenvalue weighted by Gasteiger charge is -2.03. The van der Waals surface area contributed by atoms with Crippen LogP contribution >= 0.6 is 45.8 Å². The first-order valence-electron chi connectivity index (χ1n) is 3.30. The van der Waals surface area contributed by atoms with Gasteiger partial charge in [-0.1, -0.05) is 45.8 Å². The van der Waals surface area contributed by atoms with Gasteiger partial charge in [-0.2, -0.15) is 0 Å². The minimum Gasteiger partial charge on any atom is -0.309 e. The Hall–Kier alpha value is -0.0700. The van der Waals surface area contributed by atoms with Crippen molar-refractivity contribution in [1.29, 1.82) is 0 Å². The van der Waals surface area contributed by atoms with Crippen LogP contribution in [0.4, 0.5) is 5.82 Å². The van der Waals surface area contributed by atoms with Gasteiger partial charge in [-0.05, 0) is 6.07 Å². The van der Waals surface area contributed by atoms with Crippen LogP contribution in [0.5, 0.6) is 0 Å². The molecule has 6 heteroatoms. The summed E-state index contributed by atoms with van der Waals surface area (Å²) in [7, 11) is 0. The summed E-state index contributed by atoms with van der Waals surface area (Å²) in [5.41, 5.74) is 0. The van der Waals surface area contributed by atoms with Crippen molar-refractivity contribution in [2.75, 3.05) is 9.74 Å². The Bertz CT molecular complexity index is 332. The van der Waals surface area contributed by atoms with Gasteiger partial charge in [-0.3, -0.25) is 4.79 Å². The maximum absolute atomic E-state index is 11.0. The van der Waals surface area contributed by atoms with Crippen molar-refractivity contribution in [2.45, 2.75) is 0 Å². The average molecular weight is 331 g/mol. The summed E-state index contributed by atoms with van der Waals surface area (Å²) in [5.74, 6) is 0.199. The third-order valence-corrected chi connectivity index (χ3v) is 2.37. The number of carbonyl (C=O) groups excluding carboxylic acids is 1. The lowest BCUT2D eigenvalue weighted by molar-refractivity contribution is -0.113. The molecule has 3 nitrogen and oxygen atoms in total. The molecule has 0 saturated carbocycles. The highest BCUT2D eigenvalue weighted by atomic mass is 127. The molecular weight excluding hydrogens is 326 g/mol. The molecule has 1 aromatic heterocycles. The average Bonchev–Trinajstić information content (AvgIpc) is 2.09. The Labute approximate surface area is 99.0 Å². The van der Waals surface area contributed by atoms with Crippen LogP contribution in [0.15, 0.2) is 12.3 Å². The van der Waals surface area contributed by atoms with E-state index in [-0.39, 0.29) is 5.91 Å². The molecule has 0 bridgehead atoms. The second-order valence-electron chi connectivity index (χ2n) is 2.17. The van der Waals surface area contributed by atoms with Crippen LogP contribution in [0.2, 0.25) is 10.0 Å². The van der Waals surface area contributed by atoms with Gasteiger partial charge in [-0.25, -0.2) is 4.98 Å². The standard InChI is InChI=1S/C7H5Cl2IN2O/c8-4-1-5(9)7(11-3-4)12-6(13)2-10/h1,3H,2H2,(H,11,12,13). The van der Waals surface area contributed by atoms with Crippen LogP contribution in [0.1, 0.15) is 0 Å². The van der Waals surface area contributed by atoms with E-state index >= 15 is 0 Å². The largest absolute Gasteiger partial charge is 0.309 e. The number of rotatable bonds is 2. The van der Waals surface area contributed by atoms with Crippen molar-refractivity contribution in [3.05, 3.63) is 22.3 Å². The summed E-state index contributed by atoms with van der Waals surface area (Å²) < 4.78 is 0.360. The molecule has 0 aromatic carbocycles. The van der Waals surface area contributed by atoms with E-state index < -0.39 is 0 Å². The quantitative estimate of drug-likeness (QED) is 0.669. The van der Waals surface area contributed by atoms with Gasteiger partial charge >= 0.3 is 0 Å². The second kappa shape index (κ2) is 4.97. The van der Waals surface area contributed by atoms with E-state index in [9.17, 15) is 4.79 Å². The van der Waals surface area contributed by atoms with Crippen molar-refractivity contribution in [3.8, 4) is 0 Å². The molecule has 1 aromatic rings. The normalized spacial score (nSPS) is 9.77. The lowest BCUT2D eigenvalue weighted by atomic mass is 10.4. The molecule has 1 N–H and O–H groups in total. The van der Waals surface area contributed by atoms with Crippen molar-refractivity contribution in [2.24, 2.45) is 0 Å². The smallest absolute Gasteiger partial charge is 0.235 e. The first kappa shape index (κ1) is 11.0. The third-order valence-electron chi connectivity index (χ3n) is 1.19. The SMILES string of the molecule is O=C(CI)Nc1ncc(Cl)cc1Cl. The fourth-order valence-corrected chi connectivity index (χ4v) is 1.29. The van der Waals surface area contributed by atoms with Crippen LogP contribution in [-0.4, -0.2) is 15.3 Å². The molecule has 70 valence electrons. The molecular formula is C7H5Cl2IN2O. The zero-order chi connectivity index (χ0) is 9.84. The van der Waals surface area contributed by atoms with Gasteiger partial charge in [-0.15, -0.1) is 0 Å². The van der Waals surface area contributed by atoms with E-state index in [0.717, 1.165) is 0 Å². The predicted molar refractivity (Wildman–Crippen MR) is 61.8 cm³/mol. The van der Waals surface area contributed by atoms with E-state index in [1.54, 1.807) is 0 Å². The van der Waals surface area contributed by atoms with Crippen molar-refractivity contribution >= 4 is 57.5 Å². The molecule has 13 heavy (non-hydrogen) atoms. The number of aromatic nitrogens is 1. The summed E-state index contributed by atoms with van der Waals surface area (Å²) in [4.78, 5) is 14.8. The molecule has 1 rings (SSSR count). The Morgan fingerprint density at radius 3 is 2.85 bits per heavy atom. The Kier molecular flexibility index (Phi) is 4.21. The highest BCUT2D eigenvalue weighted by Gasteiger charge is 2.05. The Morgan fingerprint density at radius 1 is 1.62 bits per heavy atom. The van der Waals surface area contributed by atoms with Crippen molar-refractivity contribution < 1.29 is 4.79 Å². The van der Waals surface area contributed by atoms with Gasteiger partial charge in [0, 0.05) is 6.20 Å². The lowest BCUT2D eigenvalue weighted by Crippen LogP contribution is -2.13. The van der Waals surface area contributed by atoms with Crippen LogP contribution in [0.25, 0.3) is 0 Å². The predicted octanol–water partition coefficient (Wildman–Crippen LogP) is 2.76. The number of anilines is 1. The number of amides is 1. The fraction of sp³-hybridized carbons (Fsp3) is 0.143. The molecule has 0 spiro atoms. The molecule has 0 aliphatic carbocycles. The minimum absolute atomic E-state index is 0.141. The van der Waals surface area contributed by atoms with Crippen LogP contribution in [-0.2, 0) is 4.79 Å². The summed E-state index contributed by atoms with van der Waals surface area (Å²) in [6.45, 7) is 0. The molecule has 0 aliphatic heterocycles. The number of nitrogens with zero attached hydrogens (tertiary/aromatic N) is 1. The highest BCUT2D eigenvalue weighted by molar-refractivity contribution is 14.1. The van der Waals surface area contributed by atoms with Crippen LogP contribution in [0.3, 0.4) is 0 Å². The molecule has 0 aliphatic rings. The minimum atomic E-state index is -0.141. The van der Waals surface area contributed by atoms with E-state index in [0.29, 0.717) is 20.3 Å². The van der Waals surface area contributed by atoms with E-state index in [1.807, 2.05) is 22.6 Å². The maximum atomic E-state index is 11.0. The van der Waals surface area contributed by atoms with Crippen LogP contribution < -0.4 is 5.32 Å². The summed E-state index contributed by atoms with van der Waals surface area (Å²) in [5, 5.41) is 3.32. The summed E-state index contributed by atoms with van der Waals surface area (Å²) in [6.07, 6.45) is 1.43. The number of halogens is 3. The summed E-state index contributed by atoms with van der Waals surface area (Å²) >= 11 is 13.3. The van der Waals surface area contributed by atoms with Gasteiger partial charge in [0.05, 0.1) is 14.5 Å². The first-order chi connectivity index (χ1) is 6.13. The topological polar surface area (TPSA) is 42.0 Å². The highest BCUT2D eigenvalue weighted by Crippen LogP contribution is 2.22. The molecule has 0 radical (unpaired) electrons. The number of carbonyl (C=O) groups is 1. The van der Waals surface area contributed by atoms with Gasteiger partial charge in [0.1, 0.15) is 0 Å². The molecule has 0 atom stereocenters. The maximum Gasteiger partial charge on any atom is 0.235 e. The summed E-state index contributed by atoms with van der Waals surface area (Å²) in [6, 6.07) is 1.53. The number of hydrogen-bond acceptors (Lipinski definition) is 2. The van der Waals surface area contributed by atoms with Gasteiger partial charge in [0.2, 0.25) is 5.91 Å². The Balaban J connectivity index is 2.83. The molecule has 0 fully saturated rings. The van der Waals surface area contributed by atoms with Crippen molar-refractivity contribution in [3.63, 3.8) is 0 Å².